The Morgan fingerprint density at radius 3 is 2.85 bits per heavy atom. The van der Waals surface area contributed by atoms with Gasteiger partial charge in [0.15, 0.2) is 6.39 Å². The molecule has 1 N–H and O–H groups in total. The second kappa shape index (κ2) is 2.58. The number of oxazole rings is 1. The molecule has 70 valence electrons. The number of fused-ring (bicyclic) bond motifs is 1. The van der Waals surface area contributed by atoms with E-state index in [1.807, 2.05) is 0 Å². The molecule has 2 fully saturated rings. The maximum Gasteiger partial charge on any atom is 0.181 e. The molecule has 3 heteroatoms. The van der Waals surface area contributed by atoms with Crippen LogP contribution in [-0.2, 0) is 6.61 Å². The Morgan fingerprint density at radius 1 is 1.38 bits per heavy atom. The molecule has 3 nitrogen and oxygen atoms in total. The van der Waals surface area contributed by atoms with Gasteiger partial charge < -0.3 is 9.52 Å². The molecule has 2 atom stereocenters. The summed E-state index contributed by atoms with van der Waals surface area (Å²) in [6.07, 6.45) is 5.35. The molecule has 0 saturated heterocycles. The number of rotatable bonds is 2. The number of hydrogen-bond donors (Lipinski definition) is 1. The summed E-state index contributed by atoms with van der Waals surface area (Å²) >= 11 is 0. The highest BCUT2D eigenvalue weighted by Crippen LogP contribution is 2.57. The summed E-state index contributed by atoms with van der Waals surface area (Å²) < 4.78 is 5.34. The Morgan fingerprint density at radius 2 is 2.15 bits per heavy atom. The first-order valence-electron chi connectivity index (χ1n) is 4.91. The monoisotopic (exact) mass is 179 g/mol. The molecular weight excluding hydrogens is 166 g/mol. The lowest BCUT2D eigenvalue weighted by Gasteiger charge is -2.08. The van der Waals surface area contributed by atoms with Gasteiger partial charge in [-0.1, -0.05) is 0 Å². The van der Waals surface area contributed by atoms with Crippen molar-refractivity contribution in [1.29, 1.82) is 0 Å². The minimum Gasteiger partial charge on any atom is -0.448 e. The van der Waals surface area contributed by atoms with Crippen molar-refractivity contribution in [2.75, 3.05) is 0 Å². The summed E-state index contributed by atoms with van der Waals surface area (Å²) in [6.45, 7) is 0.0116. The van der Waals surface area contributed by atoms with E-state index in [-0.39, 0.29) is 6.61 Å². The van der Waals surface area contributed by atoms with E-state index in [4.69, 9.17) is 9.52 Å². The topological polar surface area (TPSA) is 46.3 Å². The van der Waals surface area contributed by atoms with E-state index < -0.39 is 0 Å². The molecule has 0 bridgehead atoms. The van der Waals surface area contributed by atoms with E-state index in [1.165, 1.54) is 25.7 Å². The van der Waals surface area contributed by atoms with Gasteiger partial charge in [-0.25, -0.2) is 4.98 Å². The molecule has 1 aromatic rings. The molecule has 13 heavy (non-hydrogen) atoms. The first-order chi connectivity index (χ1) is 6.38. The van der Waals surface area contributed by atoms with Crippen LogP contribution in [0, 0.1) is 11.8 Å². The lowest BCUT2D eigenvalue weighted by Crippen LogP contribution is -1.98. The van der Waals surface area contributed by atoms with E-state index in [1.54, 1.807) is 0 Å². The minimum absolute atomic E-state index is 0.0116. The third-order valence-electron chi connectivity index (χ3n) is 3.44. The predicted molar refractivity (Wildman–Crippen MR) is 46.0 cm³/mol. The molecule has 2 aliphatic carbocycles. The van der Waals surface area contributed by atoms with Crippen LogP contribution in [0.1, 0.15) is 36.6 Å². The van der Waals surface area contributed by atoms with Gasteiger partial charge in [0.1, 0.15) is 11.5 Å². The molecule has 2 saturated carbocycles. The number of nitrogens with zero attached hydrogens (tertiary/aromatic N) is 1. The van der Waals surface area contributed by atoms with E-state index in [0.29, 0.717) is 5.92 Å². The van der Waals surface area contributed by atoms with E-state index in [0.717, 1.165) is 23.3 Å². The summed E-state index contributed by atoms with van der Waals surface area (Å²) in [4.78, 5) is 4.00. The second-order valence-electron chi connectivity index (χ2n) is 4.25. The van der Waals surface area contributed by atoms with Gasteiger partial charge in [0.05, 0.1) is 6.61 Å². The molecule has 0 aliphatic heterocycles. The standard InChI is InChI=1S/C10H13NO2/c12-4-9-10(13-5-11-9)8-2-6-1-7(6)3-8/h5-8,12H,1-4H2. The number of aliphatic hydroxyl groups is 1. The van der Waals surface area contributed by atoms with E-state index >= 15 is 0 Å². The third kappa shape index (κ3) is 1.10. The summed E-state index contributed by atoms with van der Waals surface area (Å²) in [6, 6.07) is 0. The maximum absolute atomic E-state index is 9.02. The van der Waals surface area contributed by atoms with Crippen molar-refractivity contribution in [3.8, 4) is 0 Å². The Kier molecular flexibility index (Phi) is 1.50. The summed E-state index contributed by atoms with van der Waals surface area (Å²) in [5.74, 6) is 3.37. The number of hydrogen-bond acceptors (Lipinski definition) is 3. The maximum atomic E-state index is 9.02. The van der Waals surface area contributed by atoms with Crippen LogP contribution in [0.2, 0.25) is 0 Å². The zero-order valence-corrected chi connectivity index (χ0v) is 7.44. The van der Waals surface area contributed by atoms with Crippen LogP contribution < -0.4 is 0 Å². The van der Waals surface area contributed by atoms with Gasteiger partial charge in [0.2, 0.25) is 0 Å². The Bertz CT molecular complexity index is 310. The molecule has 0 amide bonds. The van der Waals surface area contributed by atoms with Gasteiger partial charge in [-0.2, -0.15) is 0 Å². The normalized spacial score (nSPS) is 36.2. The highest BCUT2D eigenvalue weighted by molar-refractivity contribution is 5.17. The zero-order valence-electron chi connectivity index (χ0n) is 7.44. The zero-order chi connectivity index (χ0) is 8.84. The van der Waals surface area contributed by atoms with Crippen molar-refractivity contribution >= 4 is 0 Å². The van der Waals surface area contributed by atoms with E-state index in [9.17, 15) is 0 Å². The summed E-state index contributed by atoms with van der Waals surface area (Å²) in [7, 11) is 0. The van der Waals surface area contributed by atoms with E-state index in [2.05, 4.69) is 4.98 Å². The molecule has 1 aromatic heterocycles. The lowest BCUT2D eigenvalue weighted by atomic mass is 9.99. The molecular formula is C10H13NO2. The van der Waals surface area contributed by atoms with Crippen molar-refractivity contribution in [1.82, 2.24) is 4.98 Å². The van der Waals surface area contributed by atoms with Gasteiger partial charge in [0.25, 0.3) is 0 Å². The van der Waals surface area contributed by atoms with Crippen molar-refractivity contribution in [2.45, 2.75) is 31.8 Å². The first-order valence-corrected chi connectivity index (χ1v) is 4.91. The molecule has 0 aromatic carbocycles. The molecule has 0 spiro atoms. The van der Waals surface area contributed by atoms with Crippen molar-refractivity contribution in [3.63, 3.8) is 0 Å². The highest BCUT2D eigenvalue weighted by Gasteiger charge is 2.47. The average Bonchev–Trinajstić information content (AvgIpc) is 2.67. The van der Waals surface area contributed by atoms with Crippen LogP contribution >= 0.6 is 0 Å². The highest BCUT2D eigenvalue weighted by atomic mass is 16.3. The molecule has 1 heterocycles. The van der Waals surface area contributed by atoms with Crippen molar-refractivity contribution < 1.29 is 9.52 Å². The van der Waals surface area contributed by atoms with Crippen LogP contribution in [0.4, 0.5) is 0 Å². The Balaban J connectivity index is 1.83. The Hall–Kier alpha value is -0.830. The smallest absolute Gasteiger partial charge is 0.181 e. The molecule has 2 unspecified atom stereocenters. The second-order valence-corrected chi connectivity index (χ2v) is 4.25. The predicted octanol–water partition coefficient (Wildman–Crippen LogP) is 1.68. The molecule has 3 rings (SSSR count). The number of aliphatic hydroxyl groups excluding tert-OH is 1. The summed E-state index contributed by atoms with van der Waals surface area (Å²) in [5, 5.41) is 9.02. The van der Waals surface area contributed by atoms with Crippen LogP contribution in [0.25, 0.3) is 0 Å². The SMILES string of the molecule is OCc1ncoc1C1CC2CC2C1. The van der Waals surface area contributed by atoms with Gasteiger partial charge in [0, 0.05) is 5.92 Å². The largest absolute Gasteiger partial charge is 0.448 e. The quantitative estimate of drug-likeness (QED) is 0.751. The van der Waals surface area contributed by atoms with Crippen LogP contribution in [-0.4, -0.2) is 10.1 Å². The number of aromatic nitrogens is 1. The Labute approximate surface area is 76.8 Å². The van der Waals surface area contributed by atoms with Gasteiger partial charge in [-0.3, -0.25) is 0 Å². The lowest BCUT2D eigenvalue weighted by molar-refractivity contribution is 0.272. The first kappa shape index (κ1) is 7.56. The fraction of sp³-hybridized carbons (Fsp3) is 0.700. The fourth-order valence-corrected chi connectivity index (χ4v) is 2.66. The summed E-state index contributed by atoms with van der Waals surface area (Å²) in [5.41, 5.74) is 0.742. The van der Waals surface area contributed by atoms with Crippen LogP contribution in [0.5, 0.6) is 0 Å². The third-order valence-corrected chi connectivity index (χ3v) is 3.44. The van der Waals surface area contributed by atoms with Crippen molar-refractivity contribution in [2.24, 2.45) is 11.8 Å². The molecule has 2 aliphatic rings. The van der Waals surface area contributed by atoms with Crippen LogP contribution in [0.15, 0.2) is 10.8 Å². The van der Waals surface area contributed by atoms with Crippen LogP contribution in [0.3, 0.4) is 0 Å². The minimum atomic E-state index is 0.0116. The van der Waals surface area contributed by atoms with Crippen molar-refractivity contribution in [3.05, 3.63) is 17.8 Å². The van der Waals surface area contributed by atoms with Gasteiger partial charge >= 0.3 is 0 Å². The molecule has 0 radical (unpaired) electrons. The fourth-order valence-electron chi connectivity index (χ4n) is 2.66. The average molecular weight is 179 g/mol. The van der Waals surface area contributed by atoms with Gasteiger partial charge in [-0.15, -0.1) is 0 Å². The van der Waals surface area contributed by atoms with Gasteiger partial charge in [-0.05, 0) is 31.1 Å².